The predicted molar refractivity (Wildman–Crippen MR) is 60.8 cm³/mol. The Hall–Kier alpha value is -1.36. The van der Waals surface area contributed by atoms with Gasteiger partial charge in [0, 0.05) is 5.38 Å². The molecule has 0 spiro atoms. The van der Waals surface area contributed by atoms with Gasteiger partial charge in [-0.15, -0.1) is 11.3 Å². The highest BCUT2D eigenvalue weighted by molar-refractivity contribution is 7.12. The highest BCUT2D eigenvalue weighted by Gasteiger charge is 2.20. The summed E-state index contributed by atoms with van der Waals surface area (Å²) >= 11 is 1.17. The molecule has 1 heterocycles. The molecule has 1 aromatic heterocycles. The van der Waals surface area contributed by atoms with Crippen LogP contribution in [0.4, 0.5) is 0 Å². The minimum Gasteiger partial charge on any atom is -0.465 e. The van der Waals surface area contributed by atoms with Gasteiger partial charge < -0.3 is 9.47 Å². The normalized spacial score (nSPS) is 11.0. The molecule has 5 heteroatoms. The van der Waals surface area contributed by atoms with Crippen molar-refractivity contribution in [1.82, 2.24) is 0 Å². The number of carbonyl (C=O) groups is 2. The molecule has 0 atom stereocenters. The molecule has 0 aliphatic carbocycles. The molecular weight excluding hydrogens is 228 g/mol. The molecule has 1 aromatic rings. The molecule has 0 saturated carbocycles. The van der Waals surface area contributed by atoms with E-state index in [0.29, 0.717) is 10.4 Å². The van der Waals surface area contributed by atoms with Gasteiger partial charge in [0.2, 0.25) is 0 Å². The monoisotopic (exact) mass is 242 g/mol. The maximum Gasteiger partial charge on any atom is 0.348 e. The van der Waals surface area contributed by atoms with Gasteiger partial charge in [0.25, 0.3) is 0 Å². The van der Waals surface area contributed by atoms with Gasteiger partial charge in [-0.2, -0.15) is 0 Å². The van der Waals surface area contributed by atoms with Crippen molar-refractivity contribution in [2.24, 2.45) is 0 Å². The van der Waals surface area contributed by atoms with Crippen molar-refractivity contribution in [2.45, 2.75) is 26.4 Å². The number of ether oxygens (including phenoxy) is 2. The summed E-state index contributed by atoms with van der Waals surface area (Å²) in [6.45, 7) is 5.37. The number of hydrogen-bond donors (Lipinski definition) is 0. The lowest BCUT2D eigenvalue weighted by Gasteiger charge is -2.18. The van der Waals surface area contributed by atoms with Gasteiger partial charge in [0.15, 0.2) is 0 Å². The Labute approximate surface area is 98.2 Å². The van der Waals surface area contributed by atoms with Crippen LogP contribution >= 0.6 is 11.3 Å². The predicted octanol–water partition coefficient (Wildman–Crippen LogP) is 2.49. The smallest absolute Gasteiger partial charge is 0.348 e. The summed E-state index contributed by atoms with van der Waals surface area (Å²) in [5.74, 6) is -0.876. The number of thiophene rings is 1. The second-order valence-electron chi connectivity index (χ2n) is 4.19. The third kappa shape index (κ3) is 3.34. The second kappa shape index (κ2) is 4.65. The van der Waals surface area contributed by atoms with Gasteiger partial charge in [0.1, 0.15) is 10.5 Å². The van der Waals surface area contributed by atoms with Crippen LogP contribution in [0.15, 0.2) is 11.4 Å². The fraction of sp³-hybridized carbons (Fsp3) is 0.455. The number of esters is 2. The van der Waals surface area contributed by atoms with E-state index in [1.54, 1.807) is 26.2 Å². The molecule has 0 N–H and O–H groups in total. The van der Waals surface area contributed by atoms with Gasteiger partial charge in [-0.3, -0.25) is 0 Å². The first-order valence-electron chi connectivity index (χ1n) is 4.73. The molecule has 0 bridgehead atoms. The van der Waals surface area contributed by atoms with Crippen LogP contribution in [0.25, 0.3) is 0 Å². The number of carbonyl (C=O) groups excluding carboxylic acids is 2. The first-order valence-corrected chi connectivity index (χ1v) is 5.61. The van der Waals surface area contributed by atoms with Crippen LogP contribution in [-0.2, 0) is 9.47 Å². The summed E-state index contributed by atoms with van der Waals surface area (Å²) in [7, 11) is 1.30. The molecule has 1 rings (SSSR count). The molecule has 0 saturated heterocycles. The highest BCUT2D eigenvalue weighted by Crippen LogP contribution is 2.19. The summed E-state index contributed by atoms with van der Waals surface area (Å²) in [6.07, 6.45) is 0. The molecule has 4 nitrogen and oxygen atoms in total. The molecule has 88 valence electrons. The standard InChI is InChI=1S/C11H14O4S/c1-11(2,3)15-10(13)8-5-7(6-16-8)9(12)14-4/h5-6H,1-4H3. The van der Waals surface area contributed by atoms with Crippen LogP contribution in [0.3, 0.4) is 0 Å². The topological polar surface area (TPSA) is 52.6 Å². The van der Waals surface area contributed by atoms with Crippen molar-refractivity contribution in [1.29, 1.82) is 0 Å². The third-order valence-corrected chi connectivity index (χ3v) is 2.53. The van der Waals surface area contributed by atoms with E-state index in [9.17, 15) is 9.59 Å². The van der Waals surface area contributed by atoms with E-state index in [1.807, 2.05) is 0 Å². The lowest BCUT2D eigenvalue weighted by Crippen LogP contribution is -2.23. The van der Waals surface area contributed by atoms with Gasteiger partial charge in [-0.1, -0.05) is 0 Å². The van der Waals surface area contributed by atoms with Crippen molar-refractivity contribution < 1.29 is 19.1 Å². The Morgan fingerprint density at radius 2 is 1.88 bits per heavy atom. The first kappa shape index (κ1) is 12.7. The summed E-state index contributed by atoms with van der Waals surface area (Å²) in [5.41, 5.74) is -0.166. The minimum atomic E-state index is -0.535. The zero-order valence-electron chi connectivity index (χ0n) is 9.70. The van der Waals surface area contributed by atoms with Crippen LogP contribution < -0.4 is 0 Å². The second-order valence-corrected chi connectivity index (χ2v) is 5.10. The molecule has 0 amide bonds. The van der Waals surface area contributed by atoms with E-state index < -0.39 is 17.5 Å². The van der Waals surface area contributed by atoms with Crippen molar-refractivity contribution in [2.75, 3.05) is 7.11 Å². The van der Waals surface area contributed by atoms with Gasteiger partial charge >= 0.3 is 11.9 Å². The Morgan fingerprint density at radius 1 is 1.25 bits per heavy atom. The van der Waals surface area contributed by atoms with Crippen molar-refractivity contribution in [3.63, 3.8) is 0 Å². The SMILES string of the molecule is COC(=O)c1csc(C(=O)OC(C)(C)C)c1. The van der Waals surface area contributed by atoms with Gasteiger partial charge in [-0.25, -0.2) is 9.59 Å². The molecular formula is C11H14O4S. The summed E-state index contributed by atoms with van der Waals surface area (Å²) in [4.78, 5) is 23.2. The molecule has 0 unspecified atom stereocenters. The first-order chi connectivity index (χ1) is 7.33. The maximum atomic E-state index is 11.6. The molecule has 0 aliphatic heterocycles. The fourth-order valence-corrected chi connectivity index (χ4v) is 1.75. The average Bonchev–Trinajstić information content (AvgIpc) is 2.62. The third-order valence-electron chi connectivity index (χ3n) is 1.62. The zero-order valence-corrected chi connectivity index (χ0v) is 10.5. The lowest BCUT2D eigenvalue weighted by atomic mass is 10.2. The van der Waals surface area contributed by atoms with E-state index in [4.69, 9.17) is 4.74 Å². The van der Waals surface area contributed by atoms with E-state index in [1.165, 1.54) is 24.5 Å². The van der Waals surface area contributed by atoms with Crippen LogP contribution in [0, 0.1) is 0 Å². The van der Waals surface area contributed by atoms with E-state index in [0.717, 1.165) is 0 Å². The molecule has 16 heavy (non-hydrogen) atoms. The van der Waals surface area contributed by atoms with Crippen LogP contribution in [0.5, 0.6) is 0 Å². The Balaban J connectivity index is 2.78. The van der Waals surface area contributed by atoms with E-state index in [-0.39, 0.29) is 0 Å². The van der Waals surface area contributed by atoms with Gasteiger partial charge in [0.05, 0.1) is 12.7 Å². The molecule has 0 radical (unpaired) electrons. The van der Waals surface area contributed by atoms with Crippen LogP contribution in [-0.4, -0.2) is 24.6 Å². The Bertz CT molecular complexity index is 400. The summed E-state index contributed by atoms with van der Waals surface area (Å²) in [6, 6.07) is 1.48. The quantitative estimate of drug-likeness (QED) is 0.748. The van der Waals surface area contributed by atoms with E-state index in [2.05, 4.69) is 4.74 Å². The highest BCUT2D eigenvalue weighted by atomic mass is 32.1. The van der Waals surface area contributed by atoms with Crippen molar-refractivity contribution >= 4 is 23.3 Å². The lowest BCUT2D eigenvalue weighted by molar-refractivity contribution is 0.00752. The summed E-state index contributed by atoms with van der Waals surface area (Å²) < 4.78 is 9.72. The van der Waals surface area contributed by atoms with E-state index >= 15 is 0 Å². The number of methoxy groups -OCH3 is 1. The van der Waals surface area contributed by atoms with Gasteiger partial charge in [-0.05, 0) is 26.8 Å². The maximum absolute atomic E-state index is 11.6. The largest absolute Gasteiger partial charge is 0.465 e. The summed E-state index contributed by atoms with van der Waals surface area (Å²) in [5, 5.41) is 1.57. The molecule has 0 aromatic carbocycles. The van der Waals surface area contributed by atoms with Crippen LogP contribution in [0.2, 0.25) is 0 Å². The zero-order chi connectivity index (χ0) is 12.3. The minimum absolute atomic E-state index is 0.369. The van der Waals surface area contributed by atoms with Crippen LogP contribution in [0.1, 0.15) is 40.8 Å². The van der Waals surface area contributed by atoms with Crippen molar-refractivity contribution in [3.05, 3.63) is 21.9 Å². The molecule has 0 aliphatic rings. The Morgan fingerprint density at radius 3 is 2.38 bits per heavy atom. The van der Waals surface area contributed by atoms with Crippen molar-refractivity contribution in [3.8, 4) is 0 Å². The number of hydrogen-bond acceptors (Lipinski definition) is 5. The Kier molecular flexibility index (Phi) is 3.70. The fourth-order valence-electron chi connectivity index (χ4n) is 0.997. The average molecular weight is 242 g/mol. The number of rotatable bonds is 2. The molecule has 0 fully saturated rings.